The molecule has 27 heavy (non-hydrogen) atoms. The van der Waals surface area contributed by atoms with E-state index in [4.69, 9.17) is 16.3 Å². The molecule has 3 nitrogen and oxygen atoms in total. The summed E-state index contributed by atoms with van der Waals surface area (Å²) in [4.78, 5) is 12.8. The van der Waals surface area contributed by atoms with Gasteiger partial charge in [-0.3, -0.25) is 4.79 Å². The van der Waals surface area contributed by atoms with Crippen molar-refractivity contribution in [1.29, 1.82) is 0 Å². The molecule has 3 aromatic carbocycles. The molecule has 0 fully saturated rings. The van der Waals surface area contributed by atoms with Gasteiger partial charge >= 0.3 is 0 Å². The molecule has 138 valence electrons. The van der Waals surface area contributed by atoms with Gasteiger partial charge in [0.25, 0.3) is 0 Å². The second-order valence-electron chi connectivity index (χ2n) is 6.11. The van der Waals surface area contributed by atoms with Gasteiger partial charge in [-0.2, -0.15) is 0 Å². The first-order valence-corrected chi connectivity index (χ1v) is 9.95. The molecule has 3 aromatic rings. The lowest BCUT2D eigenvalue weighted by atomic mass is 9.97. The van der Waals surface area contributed by atoms with Crippen molar-refractivity contribution >= 4 is 45.7 Å². The van der Waals surface area contributed by atoms with E-state index in [1.807, 2.05) is 48.5 Å². The summed E-state index contributed by atoms with van der Waals surface area (Å²) in [7, 11) is 1.64. The number of carbonyl (C=O) groups is 1. The number of nitrogens with one attached hydrogen (secondary N) is 1. The van der Waals surface area contributed by atoms with Gasteiger partial charge in [0.05, 0.1) is 13.2 Å². The fourth-order valence-electron chi connectivity index (χ4n) is 2.77. The van der Waals surface area contributed by atoms with Crippen LogP contribution in [0.25, 0.3) is 0 Å². The van der Waals surface area contributed by atoms with Gasteiger partial charge < -0.3 is 10.1 Å². The number of hydrogen-bond donors (Lipinski definition) is 1. The van der Waals surface area contributed by atoms with E-state index in [0.29, 0.717) is 17.0 Å². The number of ether oxygens (including phenoxy) is 1. The molecule has 0 bridgehead atoms. The number of ketones is 1. The Morgan fingerprint density at radius 1 is 1.00 bits per heavy atom. The maximum atomic E-state index is 12.8. The number of benzene rings is 3. The van der Waals surface area contributed by atoms with Crippen LogP contribution in [0.5, 0.6) is 5.75 Å². The molecule has 0 aromatic heterocycles. The Morgan fingerprint density at radius 3 is 2.22 bits per heavy atom. The van der Waals surface area contributed by atoms with Crippen LogP contribution in [0.3, 0.4) is 0 Å². The molecule has 0 aliphatic carbocycles. The molecule has 5 heteroatoms. The van der Waals surface area contributed by atoms with Crippen LogP contribution in [0.4, 0.5) is 5.69 Å². The average molecular weight is 492 g/mol. The Kier molecular flexibility index (Phi) is 6.74. The highest BCUT2D eigenvalue weighted by atomic mass is 127. The first-order valence-electron chi connectivity index (χ1n) is 8.50. The van der Waals surface area contributed by atoms with E-state index in [1.54, 1.807) is 31.4 Å². The zero-order valence-corrected chi connectivity index (χ0v) is 17.7. The Labute approximate surface area is 177 Å². The zero-order valence-electron chi connectivity index (χ0n) is 14.8. The monoisotopic (exact) mass is 491 g/mol. The second-order valence-corrected chi connectivity index (χ2v) is 7.79. The minimum Gasteiger partial charge on any atom is -0.497 e. The van der Waals surface area contributed by atoms with Crippen LogP contribution < -0.4 is 10.1 Å². The lowest BCUT2D eigenvalue weighted by molar-refractivity contribution is 0.0976. The molecular formula is C22H19ClINO2. The minimum absolute atomic E-state index is 0.0606. The number of rotatable bonds is 7. The van der Waals surface area contributed by atoms with Crippen molar-refractivity contribution in [3.63, 3.8) is 0 Å². The first kappa shape index (κ1) is 19.7. The molecule has 0 aliphatic heterocycles. The van der Waals surface area contributed by atoms with Gasteiger partial charge in [-0.1, -0.05) is 23.7 Å². The van der Waals surface area contributed by atoms with Crippen LogP contribution in [0.2, 0.25) is 5.02 Å². The van der Waals surface area contributed by atoms with Crippen molar-refractivity contribution in [2.75, 3.05) is 12.4 Å². The summed E-state index contributed by atoms with van der Waals surface area (Å²) in [6.45, 7) is 0. The van der Waals surface area contributed by atoms with E-state index in [0.717, 1.165) is 20.6 Å². The predicted octanol–water partition coefficient (Wildman–Crippen LogP) is 6.38. The van der Waals surface area contributed by atoms with Crippen LogP contribution in [0.15, 0.2) is 72.8 Å². The maximum Gasteiger partial charge on any atom is 0.165 e. The standard InChI is InChI=1S/C22H19ClINO2/c1-27-20-12-4-15(5-13-20)21(25-19-10-8-18(24)9-11-19)14-22(26)16-2-6-17(23)7-3-16/h2-13,21,25H,14H2,1H3/t21-/m0/s1. The van der Waals surface area contributed by atoms with Gasteiger partial charge in [-0.05, 0) is 88.8 Å². The third-order valence-corrected chi connectivity index (χ3v) is 5.23. The Morgan fingerprint density at radius 2 is 1.63 bits per heavy atom. The highest BCUT2D eigenvalue weighted by molar-refractivity contribution is 14.1. The van der Waals surface area contributed by atoms with Gasteiger partial charge in [0.1, 0.15) is 5.75 Å². The highest BCUT2D eigenvalue weighted by Crippen LogP contribution is 2.27. The summed E-state index contributed by atoms with van der Waals surface area (Å²) in [6.07, 6.45) is 0.333. The average Bonchev–Trinajstić information content (AvgIpc) is 2.69. The number of carbonyl (C=O) groups excluding carboxylic acids is 1. The smallest absolute Gasteiger partial charge is 0.165 e. The molecule has 0 unspecified atom stereocenters. The lowest BCUT2D eigenvalue weighted by Crippen LogP contribution is -2.16. The first-order chi connectivity index (χ1) is 13.0. The molecule has 3 rings (SSSR count). The molecular weight excluding hydrogens is 473 g/mol. The molecule has 0 saturated heterocycles. The van der Waals surface area contributed by atoms with Gasteiger partial charge in [0.2, 0.25) is 0 Å². The maximum absolute atomic E-state index is 12.8. The summed E-state index contributed by atoms with van der Waals surface area (Å²) in [5, 5.41) is 4.10. The van der Waals surface area contributed by atoms with E-state index in [9.17, 15) is 4.79 Å². The van der Waals surface area contributed by atoms with Crippen LogP contribution in [-0.4, -0.2) is 12.9 Å². The normalized spacial score (nSPS) is 11.7. The molecule has 0 spiro atoms. The van der Waals surface area contributed by atoms with Crippen LogP contribution in [0.1, 0.15) is 28.4 Å². The van der Waals surface area contributed by atoms with E-state index < -0.39 is 0 Å². The van der Waals surface area contributed by atoms with Crippen molar-refractivity contribution in [2.45, 2.75) is 12.5 Å². The molecule has 1 atom stereocenters. The fraction of sp³-hybridized carbons (Fsp3) is 0.136. The fourth-order valence-corrected chi connectivity index (χ4v) is 3.26. The van der Waals surface area contributed by atoms with Gasteiger partial charge in [-0.25, -0.2) is 0 Å². The Bertz CT molecular complexity index is 893. The number of anilines is 1. The molecule has 0 amide bonds. The number of hydrogen-bond acceptors (Lipinski definition) is 3. The third-order valence-electron chi connectivity index (χ3n) is 4.26. The highest BCUT2D eigenvalue weighted by Gasteiger charge is 2.18. The molecule has 0 aliphatic rings. The molecule has 0 saturated carbocycles. The quantitative estimate of drug-likeness (QED) is 0.308. The summed E-state index contributed by atoms with van der Waals surface area (Å²) in [5.74, 6) is 0.848. The Hall–Kier alpha value is -2.05. The van der Waals surface area contributed by atoms with Crippen molar-refractivity contribution < 1.29 is 9.53 Å². The molecule has 1 N–H and O–H groups in total. The summed E-state index contributed by atoms with van der Waals surface area (Å²) in [5.41, 5.74) is 2.65. The van der Waals surface area contributed by atoms with Crippen molar-refractivity contribution in [3.05, 3.63) is 92.5 Å². The van der Waals surface area contributed by atoms with Crippen molar-refractivity contribution in [1.82, 2.24) is 0 Å². The number of halogens is 2. The van der Waals surface area contributed by atoms with E-state index >= 15 is 0 Å². The van der Waals surface area contributed by atoms with Crippen molar-refractivity contribution in [2.24, 2.45) is 0 Å². The summed E-state index contributed by atoms with van der Waals surface area (Å²) in [6, 6.07) is 22.8. The van der Waals surface area contributed by atoms with E-state index in [-0.39, 0.29) is 11.8 Å². The lowest BCUT2D eigenvalue weighted by Gasteiger charge is -2.20. The van der Waals surface area contributed by atoms with Crippen LogP contribution in [0, 0.1) is 3.57 Å². The Balaban J connectivity index is 1.84. The van der Waals surface area contributed by atoms with E-state index in [2.05, 4.69) is 27.9 Å². The largest absolute Gasteiger partial charge is 0.497 e. The van der Waals surface area contributed by atoms with Gasteiger partial charge in [-0.15, -0.1) is 0 Å². The topological polar surface area (TPSA) is 38.3 Å². The summed E-state index contributed by atoms with van der Waals surface area (Å²) < 4.78 is 6.40. The minimum atomic E-state index is -0.154. The van der Waals surface area contributed by atoms with Crippen molar-refractivity contribution in [3.8, 4) is 5.75 Å². The zero-order chi connectivity index (χ0) is 19.2. The number of Topliss-reactive ketones (excluding diaryl/α,β-unsaturated/α-hetero) is 1. The molecule has 0 radical (unpaired) electrons. The van der Waals surface area contributed by atoms with Gasteiger partial charge in [0, 0.05) is 26.3 Å². The predicted molar refractivity (Wildman–Crippen MR) is 119 cm³/mol. The second kappa shape index (κ2) is 9.24. The third kappa shape index (κ3) is 5.47. The van der Waals surface area contributed by atoms with Gasteiger partial charge in [0.15, 0.2) is 5.78 Å². The van der Waals surface area contributed by atoms with Crippen LogP contribution in [-0.2, 0) is 0 Å². The molecule has 0 heterocycles. The summed E-state index contributed by atoms with van der Waals surface area (Å²) >= 11 is 8.20. The SMILES string of the molecule is COc1ccc([C@H](CC(=O)c2ccc(Cl)cc2)Nc2ccc(I)cc2)cc1. The van der Waals surface area contributed by atoms with E-state index in [1.165, 1.54) is 0 Å². The number of methoxy groups -OCH3 is 1. The van der Waals surface area contributed by atoms with Crippen LogP contribution >= 0.6 is 34.2 Å².